The molecule has 0 aliphatic rings. The molecule has 112 valence electrons. The summed E-state index contributed by atoms with van der Waals surface area (Å²) in [6.45, 7) is 1.79. The van der Waals surface area contributed by atoms with Crippen molar-refractivity contribution in [2.24, 2.45) is 0 Å². The van der Waals surface area contributed by atoms with Crippen molar-refractivity contribution in [1.29, 1.82) is 0 Å². The average molecular weight is 352 g/mol. The van der Waals surface area contributed by atoms with Gasteiger partial charge in [0.05, 0.1) is 15.6 Å². The summed E-state index contributed by atoms with van der Waals surface area (Å²) in [7, 11) is -4.03. The Hall–Kier alpha value is -1.37. The molecule has 2 aromatic rings. The van der Waals surface area contributed by atoms with Gasteiger partial charge in [-0.15, -0.1) is 0 Å². The summed E-state index contributed by atoms with van der Waals surface area (Å²) in [5, 5.41) is -1.35. The molecule has 0 unspecified atom stereocenters. The van der Waals surface area contributed by atoms with Gasteiger partial charge in [-0.1, -0.05) is 40.9 Å². The van der Waals surface area contributed by atoms with Crippen molar-refractivity contribution in [2.75, 3.05) is 4.72 Å². The van der Waals surface area contributed by atoms with Crippen molar-refractivity contribution in [1.82, 2.24) is 0 Å². The standard InChI is InChI=1S/C13H9Cl2F2NO2S/c1-7-2-4-8(5-3-7)21(19,20)18-10-6-9(14)12(16)11(15)13(10)17/h2-6,18H,1H3. The number of anilines is 1. The Morgan fingerprint density at radius 2 is 1.62 bits per heavy atom. The van der Waals surface area contributed by atoms with Crippen LogP contribution >= 0.6 is 23.2 Å². The Morgan fingerprint density at radius 3 is 2.19 bits per heavy atom. The largest absolute Gasteiger partial charge is 0.277 e. The lowest BCUT2D eigenvalue weighted by Gasteiger charge is -2.11. The molecule has 2 rings (SSSR count). The molecule has 8 heteroatoms. The third-order valence-electron chi connectivity index (χ3n) is 2.68. The highest BCUT2D eigenvalue weighted by atomic mass is 35.5. The summed E-state index contributed by atoms with van der Waals surface area (Å²) in [5.74, 6) is -2.37. The van der Waals surface area contributed by atoms with E-state index in [-0.39, 0.29) is 4.90 Å². The summed E-state index contributed by atoms with van der Waals surface area (Å²) in [5.41, 5.74) is 0.347. The zero-order valence-electron chi connectivity index (χ0n) is 10.6. The molecule has 0 heterocycles. The number of benzene rings is 2. The van der Waals surface area contributed by atoms with Gasteiger partial charge in [0.1, 0.15) is 5.02 Å². The molecule has 0 aliphatic heterocycles. The molecule has 0 atom stereocenters. The van der Waals surface area contributed by atoms with Crippen molar-refractivity contribution in [2.45, 2.75) is 11.8 Å². The zero-order chi connectivity index (χ0) is 15.8. The van der Waals surface area contributed by atoms with E-state index in [0.29, 0.717) is 0 Å². The third-order valence-corrected chi connectivity index (χ3v) is 4.67. The second kappa shape index (κ2) is 5.79. The van der Waals surface area contributed by atoms with Crippen molar-refractivity contribution >= 4 is 38.9 Å². The Balaban J connectivity index is 2.44. The van der Waals surface area contributed by atoms with Crippen LogP contribution in [0.2, 0.25) is 10.0 Å². The minimum absolute atomic E-state index is 0.0657. The van der Waals surface area contributed by atoms with E-state index in [0.717, 1.165) is 11.6 Å². The molecule has 0 aliphatic carbocycles. The lowest BCUT2D eigenvalue weighted by atomic mass is 10.2. The van der Waals surface area contributed by atoms with Gasteiger partial charge in [0, 0.05) is 0 Å². The van der Waals surface area contributed by atoms with Crippen LogP contribution in [0.4, 0.5) is 14.5 Å². The predicted octanol–water partition coefficient (Wildman–Crippen LogP) is 4.38. The first-order valence-electron chi connectivity index (χ1n) is 5.65. The van der Waals surface area contributed by atoms with Gasteiger partial charge in [-0.25, -0.2) is 17.2 Å². The summed E-state index contributed by atoms with van der Waals surface area (Å²) < 4.78 is 53.3. The molecule has 0 radical (unpaired) electrons. The van der Waals surface area contributed by atoms with Crippen LogP contribution < -0.4 is 4.72 Å². The summed E-state index contributed by atoms with van der Waals surface area (Å²) in [6, 6.07) is 6.74. The molecule has 1 N–H and O–H groups in total. The van der Waals surface area contributed by atoms with Gasteiger partial charge in [-0.2, -0.15) is 0 Å². The summed E-state index contributed by atoms with van der Waals surface area (Å²) in [4.78, 5) is -0.0657. The number of halogens is 4. The maximum atomic E-state index is 13.8. The van der Waals surface area contributed by atoms with Crippen LogP contribution in [0.25, 0.3) is 0 Å². The quantitative estimate of drug-likeness (QED) is 0.658. The minimum Gasteiger partial charge on any atom is -0.277 e. The molecule has 0 aromatic heterocycles. The fraction of sp³-hybridized carbons (Fsp3) is 0.0769. The average Bonchev–Trinajstić information content (AvgIpc) is 2.42. The maximum absolute atomic E-state index is 13.8. The lowest BCUT2D eigenvalue weighted by molar-refractivity contribution is 0.583. The van der Waals surface area contributed by atoms with Crippen LogP contribution in [0, 0.1) is 18.6 Å². The number of sulfonamides is 1. The molecular formula is C13H9Cl2F2NO2S. The van der Waals surface area contributed by atoms with E-state index in [4.69, 9.17) is 23.2 Å². The highest BCUT2D eigenvalue weighted by molar-refractivity contribution is 7.92. The first kappa shape index (κ1) is 16.0. The highest BCUT2D eigenvalue weighted by Crippen LogP contribution is 2.32. The molecular weight excluding hydrogens is 343 g/mol. The van der Waals surface area contributed by atoms with Gasteiger partial charge in [-0.3, -0.25) is 4.72 Å². The molecule has 0 fully saturated rings. The predicted molar refractivity (Wildman–Crippen MR) is 78.4 cm³/mol. The van der Waals surface area contributed by atoms with Crippen LogP contribution in [0.15, 0.2) is 35.2 Å². The smallest absolute Gasteiger partial charge is 0.261 e. The van der Waals surface area contributed by atoms with Gasteiger partial charge in [0.15, 0.2) is 11.6 Å². The van der Waals surface area contributed by atoms with Crippen LogP contribution in [-0.2, 0) is 10.0 Å². The topological polar surface area (TPSA) is 46.2 Å². The summed E-state index contributed by atoms with van der Waals surface area (Å²) >= 11 is 10.9. The molecule has 0 saturated heterocycles. The zero-order valence-corrected chi connectivity index (χ0v) is 13.0. The van der Waals surface area contributed by atoms with Crippen molar-refractivity contribution in [3.63, 3.8) is 0 Å². The van der Waals surface area contributed by atoms with E-state index in [2.05, 4.69) is 0 Å². The molecule has 0 saturated carbocycles. The normalized spacial score (nSPS) is 11.5. The number of nitrogens with one attached hydrogen (secondary N) is 1. The van der Waals surface area contributed by atoms with Crippen molar-refractivity contribution in [3.8, 4) is 0 Å². The van der Waals surface area contributed by atoms with Crippen molar-refractivity contribution < 1.29 is 17.2 Å². The number of rotatable bonds is 3. The summed E-state index contributed by atoms with van der Waals surface area (Å²) in [6.07, 6.45) is 0. The van der Waals surface area contributed by atoms with Crippen LogP contribution in [-0.4, -0.2) is 8.42 Å². The van der Waals surface area contributed by atoms with E-state index >= 15 is 0 Å². The van der Waals surface area contributed by atoms with Gasteiger partial charge < -0.3 is 0 Å². The Bertz CT molecular complexity index is 793. The Morgan fingerprint density at radius 1 is 1.05 bits per heavy atom. The number of hydrogen-bond donors (Lipinski definition) is 1. The highest BCUT2D eigenvalue weighted by Gasteiger charge is 2.21. The Labute approximate surface area is 130 Å². The van der Waals surface area contributed by atoms with Gasteiger partial charge in [-0.05, 0) is 25.1 Å². The third kappa shape index (κ3) is 3.28. The number of hydrogen-bond acceptors (Lipinski definition) is 2. The fourth-order valence-electron chi connectivity index (χ4n) is 1.57. The van der Waals surface area contributed by atoms with Crippen LogP contribution in [0.3, 0.4) is 0 Å². The van der Waals surface area contributed by atoms with E-state index in [9.17, 15) is 17.2 Å². The molecule has 0 bridgehead atoms. The second-order valence-electron chi connectivity index (χ2n) is 4.27. The van der Waals surface area contributed by atoms with Gasteiger partial charge >= 0.3 is 0 Å². The van der Waals surface area contributed by atoms with Crippen LogP contribution in [0.5, 0.6) is 0 Å². The van der Waals surface area contributed by atoms with Gasteiger partial charge in [0.2, 0.25) is 0 Å². The van der Waals surface area contributed by atoms with Crippen molar-refractivity contribution in [3.05, 3.63) is 57.6 Å². The first-order valence-corrected chi connectivity index (χ1v) is 7.89. The van der Waals surface area contributed by atoms with E-state index < -0.39 is 37.4 Å². The molecule has 2 aromatic carbocycles. The molecule has 0 spiro atoms. The monoisotopic (exact) mass is 351 g/mol. The fourth-order valence-corrected chi connectivity index (χ4v) is 3.07. The molecule has 0 amide bonds. The van der Waals surface area contributed by atoms with E-state index in [1.54, 1.807) is 19.1 Å². The SMILES string of the molecule is Cc1ccc(S(=O)(=O)Nc2cc(Cl)c(F)c(Cl)c2F)cc1. The maximum Gasteiger partial charge on any atom is 0.261 e. The van der Waals surface area contributed by atoms with Gasteiger partial charge in [0.25, 0.3) is 10.0 Å². The molecule has 3 nitrogen and oxygen atoms in total. The van der Waals surface area contributed by atoms with E-state index in [1.807, 2.05) is 4.72 Å². The Kier molecular flexibility index (Phi) is 4.41. The second-order valence-corrected chi connectivity index (χ2v) is 6.73. The molecule has 21 heavy (non-hydrogen) atoms. The first-order chi connectivity index (χ1) is 9.72. The van der Waals surface area contributed by atoms with Crippen LogP contribution in [0.1, 0.15) is 5.56 Å². The minimum atomic E-state index is -4.03. The number of aryl methyl sites for hydroxylation is 1. The lowest BCUT2D eigenvalue weighted by Crippen LogP contribution is -2.14. The van der Waals surface area contributed by atoms with E-state index in [1.165, 1.54) is 12.1 Å².